The predicted octanol–water partition coefficient (Wildman–Crippen LogP) is 8.58. The van der Waals surface area contributed by atoms with E-state index in [9.17, 15) is 19.2 Å². The van der Waals surface area contributed by atoms with Crippen molar-refractivity contribution in [2.75, 3.05) is 49.5 Å². The minimum absolute atomic E-state index is 0.0567. The largest absolute Gasteiger partial charge is 0.474 e. The Morgan fingerprint density at radius 3 is 2.21 bits per heavy atom. The number of hydrogen-bond donors (Lipinski definition) is 2. The smallest absolute Gasteiger partial charge is 0.238 e. The Balaban J connectivity index is 0.699. The first-order valence-corrected chi connectivity index (χ1v) is 28.1. The van der Waals surface area contributed by atoms with Gasteiger partial charge in [-0.2, -0.15) is 0 Å². The van der Waals surface area contributed by atoms with Gasteiger partial charge in [0.2, 0.25) is 35.4 Å². The van der Waals surface area contributed by atoms with Crippen molar-refractivity contribution in [1.29, 1.82) is 0 Å². The highest BCUT2D eigenvalue weighted by molar-refractivity contribution is 6.09. The number of likely N-dealkylation sites (tertiary alicyclic amines) is 3. The van der Waals surface area contributed by atoms with Crippen molar-refractivity contribution in [2.45, 2.75) is 146 Å². The number of aromatic nitrogens is 4. The van der Waals surface area contributed by atoms with E-state index >= 15 is 9.18 Å². The van der Waals surface area contributed by atoms with E-state index in [1.165, 1.54) is 25.3 Å². The molecule has 2 aliphatic carbocycles. The summed E-state index contributed by atoms with van der Waals surface area (Å²) in [7, 11) is 0. The lowest BCUT2D eigenvalue weighted by Crippen LogP contribution is -2.58. The average molecular weight is 1030 g/mol. The first-order valence-electron chi connectivity index (χ1n) is 28.1. The van der Waals surface area contributed by atoms with Crippen molar-refractivity contribution in [2.24, 2.45) is 11.8 Å². The zero-order valence-electron chi connectivity index (χ0n) is 43.7. The summed E-state index contributed by atoms with van der Waals surface area (Å²) in [6, 6.07) is 19.1. The standard InChI is InChI=1S/C59H69FN10O6/c1-36(2)69-35-62-49-33-48(64-54(53(49)69)63-47-9-5-4-8-46(47)60)39-12-17-45-50(30-39)70(42-31-41(32-42)66-24-6-3-7-25-66)58(75)59(45)22-28-68(29-23-59)57(74)38-20-26-67(27-21-38)56(73)37-10-14-43(15-11-37)76-52-19-13-40(34-61-52)44-16-18-51(71)65-55(44)72/h4-5,8-9,12-13,17,19,30,33-38,41-44H,3,6-7,10-11,14-16,18,20-29,31-32H2,1-2H3,(H,63,64)(H,65,71,72)/t37-,41-,42+,43-,44?. The number of imide groups is 1. The molecule has 12 rings (SSSR count). The van der Waals surface area contributed by atoms with E-state index in [-0.39, 0.29) is 65.4 Å². The maximum atomic E-state index is 15.3. The zero-order valence-corrected chi connectivity index (χ0v) is 43.7. The second kappa shape index (κ2) is 20.7. The molecule has 3 aromatic heterocycles. The van der Waals surface area contributed by atoms with Crippen molar-refractivity contribution in [1.82, 2.24) is 39.5 Å². The van der Waals surface area contributed by atoms with Gasteiger partial charge in [-0.05, 0) is 146 Å². The minimum Gasteiger partial charge on any atom is -0.474 e. The highest BCUT2D eigenvalue weighted by atomic mass is 19.1. The van der Waals surface area contributed by atoms with E-state index in [4.69, 9.17) is 14.7 Å². The highest BCUT2D eigenvalue weighted by Crippen LogP contribution is 2.52. The van der Waals surface area contributed by atoms with Gasteiger partial charge in [-0.1, -0.05) is 36.8 Å². The molecule has 5 amide bonds. The Kier molecular flexibility index (Phi) is 13.6. The number of nitrogens with one attached hydrogen (secondary N) is 2. The van der Waals surface area contributed by atoms with Crippen LogP contribution in [0.4, 0.5) is 21.6 Å². The second-order valence-corrected chi connectivity index (χ2v) is 22.9. The first kappa shape index (κ1) is 50.1. The first-order chi connectivity index (χ1) is 36.9. The Hall–Kier alpha value is -6.75. The summed E-state index contributed by atoms with van der Waals surface area (Å²) in [5, 5.41) is 5.68. The second-order valence-electron chi connectivity index (χ2n) is 22.9. The van der Waals surface area contributed by atoms with Gasteiger partial charge in [0.15, 0.2) is 5.82 Å². The number of halogens is 1. The number of hydrogen-bond acceptors (Lipinski definition) is 11. The number of pyridine rings is 2. The molecule has 398 valence electrons. The lowest BCUT2D eigenvalue weighted by Gasteiger charge is -2.48. The number of carbonyl (C=O) groups excluding carboxylic acids is 5. The molecule has 76 heavy (non-hydrogen) atoms. The topological polar surface area (TPSA) is 175 Å². The highest BCUT2D eigenvalue weighted by Gasteiger charge is 2.56. The Labute approximate surface area is 443 Å². The summed E-state index contributed by atoms with van der Waals surface area (Å²) in [5.74, 6) is -0.153. The SMILES string of the molecule is CC(C)n1cnc2cc(-c3ccc4c(c3)N([C@H]3C[C@@H](N5CCCCC5)C3)C(=O)C43CCN(C(=O)C4CCN(C(=O)[C@H]5CC[C@H](Oc6ccc(C7CCC(=O)NC7=O)cn6)CC5)CC4)CC3)nc(Nc3ccccc3F)c21. The fraction of sp³-hybridized carbons (Fsp3) is 0.525. The van der Waals surface area contributed by atoms with Crippen LogP contribution in [0.25, 0.3) is 22.3 Å². The van der Waals surface area contributed by atoms with Crippen LogP contribution in [0.15, 0.2) is 73.2 Å². The number of anilines is 3. The van der Waals surface area contributed by atoms with E-state index in [0.29, 0.717) is 93.8 Å². The van der Waals surface area contributed by atoms with Gasteiger partial charge in [-0.15, -0.1) is 0 Å². The van der Waals surface area contributed by atoms with E-state index in [2.05, 4.69) is 57.5 Å². The normalized spacial score (nSPS) is 25.2. The molecule has 2 aromatic carbocycles. The van der Waals surface area contributed by atoms with Crippen LogP contribution in [0.2, 0.25) is 0 Å². The van der Waals surface area contributed by atoms with Crippen LogP contribution in [-0.4, -0.2) is 121 Å². The quantitative estimate of drug-likeness (QED) is 0.121. The molecule has 7 aliphatic rings. The number of imidazole rings is 1. The molecule has 0 radical (unpaired) electrons. The number of para-hydroxylation sites is 1. The molecule has 17 heteroatoms. The summed E-state index contributed by atoms with van der Waals surface area (Å²) >= 11 is 0. The van der Waals surface area contributed by atoms with E-state index in [1.807, 2.05) is 26.5 Å². The molecule has 5 aromatic rings. The summed E-state index contributed by atoms with van der Waals surface area (Å²) in [5.41, 5.74) is 5.33. The number of carbonyl (C=O) groups is 5. The van der Waals surface area contributed by atoms with Crippen molar-refractivity contribution in [3.8, 4) is 17.1 Å². The molecular formula is C59H69FN10O6. The van der Waals surface area contributed by atoms with Gasteiger partial charge in [0.25, 0.3) is 0 Å². The molecule has 1 unspecified atom stereocenters. The van der Waals surface area contributed by atoms with Crippen LogP contribution in [0.5, 0.6) is 5.88 Å². The third-order valence-corrected chi connectivity index (χ3v) is 18.1. The molecular weight excluding hydrogens is 964 g/mol. The molecule has 1 spiro atoms. The number of nitrogens with zero attached hydrogens (tertiary/aromatic N) is 8. The number of piperidine rings is 4. The maximum absolute atomic E-state index is 15.3. The number of benzene rings is 2. The van der Waals surface area contributed by atoms with Crippen molar-refractivity contribution < 1.29 is 33.1 Å². The Morgan fingerprint density at radius 2 is 1.51 bits per heavy atom. The van der Waals surface area contributed by atoms with Gasteiger partial charge in [0, 0.05) is 86.1 Å². The predicted molar refractivity (Wildman–Crippen MR) is 285 cm³/mol. The summed E-state index contributed by atoms with van der Waals surface area (Å²) in [6.45, 7) is 8.48. The molecule has 2 N–H and O–H groups in total. The number of amides is 5. The number of ether oxygens (including phenoxy) is 1. The van der Waals surface area contributed by atoms with Gasteiger partial charge in [0.1, 0.15) is 17.4 Å². The van der Waals surface area contributed by atoms with Crippen LogP contribution in [0.3, 0.4) is 0 Å². The van der Waals surface area contributed by atoms with Crippen LogP contribution >= 0.6 is 0 Å². The molecule has 1 atom stereocenters. The number of rotatable bonds is 11. The van der Waals surface area contributed by atoms with Crippen molar-refractivity contribution >= 4 is 57.8 Å². The molecule has 2 saturated carbocycles. The number of fused-ring (bicyclic) bond motifs is 3. The summed E-state index contributed by atoms with van der Waals surface area (Å²) in [4.78, 5) is 90.4. The van der Waals surface area contributed by atoms with Gasteiger partial charge >= 0.3 is 0 Å². The van der Waals surface area contributed by atoms with Gasteiger partial charge in [0.05, 0.1) is 34.6 Å². The molecule has 8 heterocycles. The lowest BCUT2D eigenvalue weighted by molar-refractivity contribution is -0.145. The van der Waals surface area contributed by atoms with Crippen LogP contribution in [-0.2, 0) is 29.4 Å². The van der Waals surface area contributed by atoms with Gasteiger partial charge in [-0.3, -0.25) is 29.3 Å². The average Bonchev–Trinajstić information content (AvgIpc) is 4.00. The summed E-state index contributed by atoms with van der Waals surface area (Å²) in [6.07, 6.45) is 15.0. The van der Waals surface area contributed by atoms with Crippen molar-refractivity contribution in [3.05, 3.63) is 90.1 Å². The molecule has 5 aliphatic heterocycles. The minimum atomic E-state index is -0.746. The van der Waals surface area contributed by atoms with Gasteiger partial charge < -0.3 is 34.2 Å². The zero-order chi connectivity index (χ0) is 52.2. The fourth-order valence-corrected chi connectivity index (χ4v) is 13.6. The van der Waals surface area contributed by atoms with E-state index in [0.717, 1.165) is 85.0 Å². The van der Waals surface area contributed by atoms with Crippen molar-refractivity contribution in [3.63, 3.8) is 0 Å². The molecule has 6 fully saturated rings. The molecule has 0 bridgehead atoms. The lowest BCUT2D eigenvalue weighted by atomic mass is 9.73. The third kappa shape index (κ3) is 9.39. The maximum Gasteiger partial charge on any atom is 0.238 e. The van der Waals surface area contributed by atoms with Crippen LogP contribution < -0.4 is 20.3 Å². The van der Waals surface area contributed by atoms with E-state index < -0.39 is 11.3 Å². The van der Waals surface area contributed by atoms with E-state index in [1.54, 1.807) is 36.8 Å². The monoisotopic (exact) mass is 1030 g/mol. The molecule has 4 saturated heterocycles. The molecule has 16 nitrogen and oxygen atoms in total. The van der Waals surface area contributed by atoms with Crippen LogP contribution in [0.1, 0.15) is 133 Å². The summed E-state index contributed by atoms with van der Waals surface area (Å²) < 4.78 is 23.4. The Morgan fingerprint density at radius 1 is 0.789 bits per heavy atom. The van der Waals surface area contributed by atoms with Gasteiger partial charge in [-0.25, -0.2) is 19.3 Å². The Bertz CT molecular complexity index is 3030. The fourth-order valence-electron chi connectivity index (χ4n) is 13.6. The third-order valence-electron chi connectivity index (χ3n) is 18.1. The van der Waals surface area contributed by atoms with Crippen LogP contribution in [0, 0.1) is 17.7 Å².